The van der Waals surface area contributed by atoms with Crippen LogP contribution in [0.1, 0.15) is 9.88 Å². The summed E-state index contributed by atoms with van der Waals surface area (Å²) in [5.41, 5.74) is 0.942. The molecule has 0 aliphatic heterocycles. The number of hydrogen-bond donors (Lipinski definition) is 0. The molecule has 0 atom stereocenters. The van der Waals surface area contributed by atoms with Crippen molar-refractivity contribution in [1.29, 1.82) is 0 Å². The van der Waals surface area contributed by atoms with E-state index in [0.29, 0.717) is 0 Å². The molecule has 3 rings (SSSR count). The summed E-state index contributed by atoms with van der Waals surface area (Å²) < 4.78 is 6.29. The SMILES string of the molecule is O=C(/C=C/c1cccs1)OCc1nc2ccccc2s1. The summed E-state index contributed by atoms with van der Waals surface area (Å²) in [6.07, 6.45) is 3.20. The van der Waals surface area contributed by atoms with Crippen molar-refractivity contribution >= 4 is 44.9 Å². The molecule has 0 aliphatic rings. The molecule has 0 aliphatic carbocycles. The summed E-state index contributed by atoms with van der Waals surface area (Å²) in [7, 11) is 0. The van der Waals surface area contributed by atoms with Gasteiger partial charge < -0.3 is 4.74 Å². The Balaban J connectivity index is 1.60. The van der Waals surface area contributed by atoms with Crippen molar-refractivity contribution in [1.82, 2.24) is 4.98 Å². The summed E-state index contributed by atoms with van der Waals surface area (Å²) in [5, 5.41) is 2.77. The Kier molecular flexibility index (Phi) is 3.90. The summed E-state index contributed by atoms with van der Waals surface area (Å²) in [5.74, 6) is -0.349. The molecule has 1 aromatic carbocycles. The van der Waals surface area contributed by atoms with E-state index < -0.39 is 0 Å². The van der Waals surface area contributed by atoms with E-state index in [1.165, 1.54) is 6.08 Å². The molecule has 2 aromatic heterocycles. The highest BCUT2D eigenvalue weighted by Gasteiger charge is 2.05. The molecule has 20 heavy (non-hydrogen) atoms. The first kappa shape index (κ1) is 13.0. The second kappa shape index (κ2) is 5.98. The largest absolute Gasteiger partial charge is 0.455 e. The van der Waals surface area contributed by atoms with Crippen LogP contribution < -0.4 is 0 Å². The Hall–Kier alpha value is -1.98. The van der Waals surface area contributed by atoms with Crippen molar-refractivity contribution in [3.05, 3.63) is 57.7 Å². The lowest BCUT2D eigenvalue weighted by molar-refractivity contribution is -0.138. The van der Waals surface area contributed by atoms with Crippen LogP contribution in [0.5, 0.6) is 0 Å². The van der Waals surface area contributed by atoms with Gasteiger partial charge in [-0.05, 0) is 29.7 Å². The van der Waals surface area contributed by atoms with E-state index in [4.69, 9.17) is 4.74 Å². The summed E-state index contributed by atoms with van der Waals surface area (Å²) in [4.78, 5) is 17.0. The molecule has 0 radical (unpaired) electrons. The summed E-state index contributed by atoms with van der Waals surface area (Å²) in [6, 6.07) is 11.8. The number of aromatic nitrogens is 1. The van der Waals surface area contributed by atoms with Gasteiger partial charge in [0.1, 0.15) is 11.6 Å². The first-order valence-electron chi connectivity index (χ1n) is 6.04. The van der Waals surface area contributed by atoms with Crippen molar-refractivity contribution in [3.63, 3.8) is 0 Å². The Labute approximate surface area is 124 Å². The molecule has 100 valence electrons. The van der Waals surface area contributed by atoms with Gasteiger partial charge in [-0.2, -0.15) is 0 Å². The van der Waals surface area contributed by atoms with Crippen molar-refractivity contribution in [2.24, 2.45) is 0 Å². The number of nitrogens with zero attached hydrogens (tertiary/aromatic N) is 1. The fourth-order valence-electron chi connectivity index (χ4n) is 1.70. The number of esters is 1. The molecule has 0 bridgehead atoms. The highest BCUT2D eigenvalue weighted by Crippen LogP contribution is 2.22. The monoisotopic (exact) mass is 301 g/mol. The number of hydrogen-bond acceptors (Lipinski definition) is 5. The minimum Gasteiger partial charge on any atom is -0.455 e. The van der Waals surface area contributed by atoms with Gasteiger partial charge in [-0.25, -0.2) is 9.78 Å². The maximum absolute atomic E-state index is 11.6. The van der Waals surface area contributed by atoms with Gasteiger partial charge in [0.25, 0.3) is 0 Å². The van der Waals surface area contributed by atoms with Crippen LogP contribution in [-0.4, -0.2) is 11.0 Å². The van der Waals surface area contributed by atoms with Gasteiger partial charge in [-0.15, -0.1) is 22.7 Å². The number of carbonyl (C=O) groups excluding carboxylic acids is 1. The van der Waals surface area contributed by atoms with Gasteiger partial charge in [-0.3, -0.25) is 0 Å². The second-order valence-electron chi connectivity index (χ2n) is 4.03. The zero-order chi connectivity index (χ0) is 13.8. The lowest BCUT2D eigenvalue weighted by atomic mass is 10.3. The first-order chi connectivity index (χ1) is 9.81. The maximum Gasteiger partial charge on any atom is 0.331 e. The Morgan fingerprint density at radius 3 is 2.95 bits per heavy atom. The average Bonchev–Trinajstić information content (AvgIpc) is 3.11. The van der Waals surface area contributed by atoms with Crippen molar-refractivity contribution in [3.8, 4) is 0 Å². The number of carbonyl (C=O) groups is 1. The highest BCUT2D eigenvalue weighted by molar-refractivity contribution is 7.18. The number of rotatable bonds is 4. The number of fused-ring (bicyclic) bond motifs is 1. The molecular weight excluding hydrogens is 290 g/mol. The van der Waals surface area contributed by atoms with Gasteiger partial charge in [-0.1, -0.05) is 18.2 Å². The number of thiazole rings is 1. The quantitative estimate of drug-likeness (QED) is 0.537. The lowest BCUT2D eigenvalue weighted by Gasteiger charge is -1.97. The number of thiophene rings is 1. The van der Waals surface area contributed by atoms with Crippen molar-refractivity contribution in [2.45, 2.75) is 6.61 Å². The molecule has 0 spiro atoms. The molecule has 0 N–H and O–H groups in total. The summed E-state index contributed by atoms with van der Waals surface area (Å²) in [6.45, 7) is 0.215. The minimum atomic E-state index is -0.349. The van der Waals surface area contributed by atoms with Crippen LogP contribution in [0.4, 0.5) is 0 Å². The molecule has 0 saturated carbocycles. The van der Waals surface area contributed by atoms with E-state index >= 15 is 0 Å². The number of benzene rings is 1. The second-order valence-corrected chi connectivity index (χ2v) is 6.13. The van der Waals surface area contributed by atoms with Crippen LogP contribution in [0.15, 0.2) is 47.9 Å². The number of para-hydroxylation sites is 1. The Morgan fingerprint density at radius 2 is 2.15 bits per heavy atom. The van der Waals surface area contributed by atoms with Crippen molar-refractivity contribution < 1.29 is 9.53 Å². The van der Waals surface area contributed by atoms with Gasteiger partial charge >= 0.3 is 5.97 Å². The van der Waals surface area contributed by atoms with E-state index in [-0.39, 0.29) is 12.6 Å². The fraction of sp³-hybridized carbons (Fsp3) is 0.0667. The molecule has 0 saturated heterocycles. The molecule has 5 heteroatoms. The molecular formula is C15H11NO2S2. The zero-order valence-corrected chi connectivity index (χ0v) is 12.1. The number of ether oxygens (including phenoxy) is 1. The standard InChI is InChI=1S/C15H11NO2S2/c17-15(8-7-11-4-3-9-19-11)18-10-14-16-12-5-1-2-6-13(12)20-14/h1-9H,10H2/b8-7+. The first-order valence-corrected chi connectivity index (χ1v) is 7.74. The molecule has 0 fully saturated rings. The lowest BCUT2D eigenvalue weighted by Crippen LogP contribution is -2.00. The Morgan fingerprint density at radius 1 is 1.25 bits per heavy atom. The maximum atomic E-state index is 11.6. The molecule has 0 unspecified atom stereocenters. The van der Waals surface area contributed by atoms with Crippen molar-refractivity contribution in [2.75, 3.05) is 0 Å². The molecule has 0 amide bonds. The minimum absolute atomic E-state index is 0.215. The predicted molar refractivity (Wildman–Crippen MR) is 82.8 cm³/mol. The van der Waals surface area contributed by atoms with E-state index in [9.17, 15) is 4.79 Å². The van der Waals surface area contributed by atoms with Crippen LogP contribution >= 0.6 is 22.7 Å². The third kappa shape index (κ3) is 3.12. The van der Waals surface area contributed by atoms with E-state index in [1.807, 2.05) is 41.8 Å². The van der Waals surface area contributed by atoms with Gasteiger partial charge in [0.15, 0.2) is 0 Å². The topological polar surface area (TPSA) is 39.2 Å². The van der Waals surface area contributed by atoms with Crippen LogP contribution in [0.3, 0.4) is 0 Å². The van der Waals surface area contributed by atoms with Gasteiger partial charge in [0.05, 0.1) is 10.2 Å². The third-order valence-corrected chi connectivity index (χ3v) is 4.45. The van der Waals surface area contributed by atoms with Crippen LogP contribution in [0.25, 0.3) is 16.3 Å². The Bertz CT molecular complexity index is 711. The van der Waals surface area contributed by atoms with Crippen LogP contribution in [-0.2, 0) is 16.1 Å². The van der Waals surface area contributed by atoms with Crippen LogP contribution in [0, 0.1) is 0 Å². The zero-order valence-electron chi connectivity index (χ0n) is 10.5. The van der Waals surface area contributed by atoms with E-state index in [2.05, 4.69) is 4.98 Å². The molecule has 3 aromatic rings. The van der Waals surface area contributed by atoms with Gasteiger partial charge in [0.2, 0.25) is 0 Å². The van der Waals surface area contributed by atoms with Gasteiger partial charge in [0, 0.05) is 11.0 Å². The highest BCUT2D eigenvalue weighted by atomic mass is 32.1. The summed E-state index contributed by atoms with van der Waals surface area (Å²) >= 11 is 3.12. The van der Waals surface area contributed by atoms with E-state index in [1.54, 1.807) is 28.7 Å². The molecule has 3 nitrogen and oxygen atoms in total. The van der Waals surface area contributed by atoms with E-state index in [0.717, 1.165) is 20.1 Å². The fourth-order valence-corrected chi connectivity index (χ4v) is 3.20. The molecule has 2 heterocycles. The normalized spacial score (nSPS) is 11.2. The predicted octanol–water partition coefficient (Wildman–Crippen LogP) is 4.11. The smallest absolute Gasteiger partial charge is 0.331 e. The third-order valence-electron chi connectivity index (χ3n) is 2.60. The average molecular weight is 301 g/mol. The van der Waals surface area contributed by atoms with Crippen LogP contribution in [0.2, 0.25) is 0 Å².